The Kier molecular flexibility index (Phi) is 0.616. The van der Waals surface area contributed by atoms with E-state index in [1.807, 2.05) is 24.3 Å². The molecule has 1 aliphatic rings. The highest BCUT2D eigenvalue weighted by Gasteiger charge is 2.00. The molecule has 0 amide bonds. The normalized spacial score (nSPS) is 19.1. The summed E-state index contributed by atoms with van der Waals surface area (Å²) >= 11 is 0. The van der Waals surface area contributed by atoms with Gasteiger partial charge in [0.25, 0.3) is 0 Å². The molecule has 44 valence electrons. The molecule has 2 rings (SSSR count). The second kappa shape index (κ2) is 1.73. The molecule has 1 aromatic carbocycles. The fraction of sp³-hybridized carbons (Fsp3) is 0.111. The summed E-state index contributed by atoms with van der Waals surface area (Å²) in [5, 5.41) is 0. The van der Waals surface area contributed by atoms with Gasteiger partial charge in [-0.2, -0.15) is 0 Å². The van der Waals surface area contributed by atoms with E-state index >= 15 is 0 Å². The molecule has 0 heterocycles. The first-order valence-corrected chi connectivity index (χ1v) is 3.03. The van der Waals surface area contributed by atoms with Gasteiger partial charge in [0, 0.05) is 0 Å². The van der Waals surface area contributed by atoms with E-state index in [-0.39, 0.29) is 0 Å². The van der Waals surface area contributed by atoms with Crippen LogP contribution in [-0.4, -0.2) is 0 Å². The van der Waals surface area contributed by atoms with Crippen LogP contribution in [0.25, 0.3) is 6.05 Å². The summed E-state index contributed by atoms with van der Waals surface area (Å²) in [6, 6.07) is 8.56. The number of hydrogen-bond acceptors (Lipinski definition) is 0. The van der Waals surface area contributed by atoms with Crippen LogP contribution in [0.3, 0.4) is 0 Å². The molecule has 0 unspecified atom stereocenters. The molecule has 0 aliphatic heterocycles. The highest BCUT2D eigenvalue weighted by molar-refractivity contribution is 5.59. The molecule has 0 spiro atoms. The van der Waals surface area contributed by atoms with E-state index in [0.717, 1.165) is 11.1 Å². The van der Waals surface area contributed by atoms with Crippen molar-refractivity contribution in [2.75, 3.05) is 0 Å². The van der Waals surface area contributed by atoms with Crippen LogP contribution in [0, 0.1) is 0 Å². The second-order valence-electron chi connectivity index (χ2n) is 2.14. The molecule has 0 saturated heterocycles. The highest BCUT2D eigenvalue weighted by Crippen LogP contribution is 2.17. The number of allylic oxidation sites excluding steroid dienone is 1. The van der Waals surface area contributed by atoms with E-state index in [1.54, 1.807) is 0 Å². The largest absolute Gasteiger partial charge is 0.0795 e. The van der Waals surface area contributed by atoms with Gasteiger partial charge < -0.3 is 0 Å². The molecule has 0 fully saturated rings. The van der Waals surface area contributed by atoms with Crippen molar-refractivity contribution in [3.05, 3.63) is 41.4 Å². The molecule has 1 aliphatic carbocycles. The van der Waals surface area contributed by atoms with Crippen LogP contribution in [0.2, 0.25) is 0 Å². The molecule has 0 heteroatoms. The Labute approximate surface area is 57.6 Å². The van der Waals surface area contributed by atoms with Crippen molar-refractivity contribution in [2.24, 2.45) is 0 Å². The lowest BCUT2D eigenvalue weighted by molar-refractivity contribution is 1.31. The standard InChI is InChI=1S/C9H8/c1-2-5-9-7-3-6-8(9)4-1/h1-6H,7H2/i3D,6D. The summed E-state index contributed by atoms with van der Waals surface area (Å²) in [7, 11) is 0. The molecule has 0 bridgehead atoms. The lowest BCUT2D eigenvalue weighted by atomic mass is 10.1. The van der Waals surface area contributed by atoms with Gasteiger partial charge in [-0.1, -0.05) is 36.4 Å². The van der Waals surface area contributed by atoms with E-state index in [4.69, 9.17) is 2.74 Å². The minimum absolute atomic E-state index is 0.389. The first-order chi connectivity index (χ1) is 5.29. The van der Waals surface area contributed by atoms with Crippen LogP contribution in [0.5, 0.6) is 0 Å². The second-order valence-corrected chi connectivity index (χ2v) is 2.14. The zero-order chi connectivity index (χ0) is 7.84. The SMILES string of the molecule is [2H]C1=C([2H])c2ccccc2C1. The predicted molar refractivity (Wildman–Crippen MR) is 39.2 cm³/mol. The summed E-state index contributed by atoms with van der Waals surface area (Å²) in [4.78, 5) is 0. The topological polar surface area (TPSA) is 0 Å². The van der Waals surface area contributed by atoms with E-state index in [1.165, 1.54) is 0 Å². The monoisotopic (exact) mass is 118 g/mol. The molecular formula is C9H8. The van der Waals surface area contributed by atoms with Crippen molar-refractivity contribution < 1.29 is 2.74 Å². The quantitative estimate of drug-likeness (QED) is 0.490. The number of benzene rings is 1. The van der Waals surface area contributed by atoms with Gasteiger partial charge in [-0.3, -0.25) is 0 Å². The van der Waals surface area contributed by atoms with Gasteiger partial charge in [-0.15, -0.1) is 0 Å². The number of fused-ring (bicyclic) bond motifs is 1. The van der Waals surface area contributed by atoms with E-state index in [9.17, 15) is 0 Å². The van der Waals surface area contributed by atoms with Gasteiger partial charge in [-0.05, 0) is 17.5 Å². The van der Waals surface area contributed by atoms with Crippen LogP contribution >= 0.6 is 0 Å². The molecule has 1 aromatic rings. The summed E-state index contributed by atoms with van der Waals surface area (Å²) in [5.41, 5.74) is 2.04. The molecule has 0 N–H and O–H groups in total. The molecule has 0 nitrogen and oxygen atoms in total. The lowest BCUT2D eigenvalue weighted by Crippen LogP contribution is -1.76. The summed E-state index contributed by atoms with van der Waals surface area (Å²) in [5.74, 6) is 0. The maximum atomic E-state index is 7.51. The Balaban J connectivity index is 2.60. The average molecular weight is 118 g/mol. The van der Waals surface area contributed by atoms with Crippen molar-refractivity contribution in [1.29, 1.82) is 0 Å². The zero-order valence-corrected chi connectivity index (χ0v) is 5.02. The van der Waals surface area contributed by atoms with E-state index < -0.39 is 0 Å². The fourth-order valence-electron chi connectivity index (χ4n) is 1.03. The van der Waals surface area contributed by atoms with Gasteiger partial charge >= 0.3 is 0 Å². The minimum Gasteiger partial charge on any atom is -0.0795 e. The Morgan fingerprint density at radius 3 is 3.11 bits per heavy atom. The first kappa shape index (κ1) is 3.21. The Hall–Kier alpha value is -1.04. The van der Waals surface area contributed by atoms with Crippen molar-refractivity contribution in [3.8, 4) is 0 Å². The molecule has 9 heavy (non-hydrogen) atoms. The van der Waals surface area contributed by atoms with Gasteiger partial charge in [0.1, 0.15) is 0 Å². The van der Waals surface area contributed by atoms with Crippen LogP contribution in [0.1, 0.15) is 13.9 Å². The van der Waals surface area contributed by atoms with Crippen LogP contribution in [0.15, 0.2) is 30.3 Å². The van der Waals surface area contributed by atoms with Gasteiger partial charge in [0.05, 0.1) is 2.74 Å². The molecule has 0 atom stereocenters. The molecule has 0 saturated carbocycles. The summed E-state index contributed by atoms with van der Waals surface area (Å²) in [6.07, 6.45) is 0.634. The van der Waals surface area contributed by atoms with Crippen LogP contribution in [-0.2, 0) is 6.42 Å². The Bertz CT molecular complexity index is 326. The van der Waals surface area contributed by atoms with E-state index in [0.29, 0.717) is 18.5 Å². The third-order valence-corrected chi connectivity index (χ3v) is 1.52. The van der Waals surface area contributed by atoms with E-state index in [2.05, 4.69) is 0 Å². The Morgan fingerprint density at radius 2 is 2.22 bits per heavy atom. The maximum Gasteiger partial charge on any atom is 0.0626 e. The zero-order valence-electron chi connectivity index (χ0n) is 7.02. The first-order valence-electron chi connectivity index (χ1n) is 4.03. The third-order valence-electron chi connectivity index (χ3n) is 1.52. The van der Waals surface area contributed by atoms with Crippen LogP contribution in [0.4, 0.5) is 0 Å². The molecule has 0 radical (unpaired) electrons. The summed E-state index contributed by atoms with van der Waals surface area (Å²) < 4.78 is 14.9. The maximum absolute atomic E-state index is 7.51. The Morgan fingerprint density at radius 1 is 1.33 bits per heavy atom. The molecule has 0 aromatic heterocycles. The number of hydrogen-bond donors (Lipinski definition) is 0. The van der Waals surface area contributed by atoms with Crippen molar-refractivity contribution in [2.45, 2.75) is 6.42 Å². The lowest BCUT2D eigenvalue weighted by Gasteiger charge is -1.93. The van der Waals surface area contributed by atoms with Gasteiger partial charge in [-0.25, -0.2) is 0 Å². The molecular weight excluding hydrogens is 108 g/mol. The van der Waals surface area contributed by atoms with Crippen molar-refractivity contribution >= 4 is 6.05 Å². The van der Waals surface area contributed by atoms with Gasteiger partial charge in [0.15, 0.2) is 0 Å². The predicted octanol–water partition coefficient (Wildman–Crippen LogP) is 2.26. The summed E-state index contributed by atoms with van der Waals surface area (Å²) in [6.45, 7) is 0. The van der Waals surface area contributed by atoms with Crippen LogP contribution < -0.4 is 0 Å². The minimum atomic E-state index is 0.389. The van der Waals surface area contributed by atoms with Crippen molar-refractivity contribution in [1.82, 2.24) is 0 Å². The third kappa shape index (κ3) is 0.672. The average Bonchev–Trinajstić information content (AvgIpc) is 2.30. The fourth-order valence-corrected chi connectivity index (χ4v) is 1.03. The van der Waals surface area contributed by atoms with Crippen molar-refractivity contribution in [3.63, 3.8) is 0 Å². The van der Waals surface area contributed by atoms with Gasteiger partial charge in [0.2, 0.25) is 0 Å². The number of rotatable bonds is 0. The highest BCUT2D eigenvalue weighted by atomic mass is 14.0. The smallest absolute Gasteiger partial charge is 0.0626 e.